The lowest BCUT2D eigenvalue weighted by Gasteiger charge is -2.28. The van der Waals surface area contributed by atoms with Gasteiger partial charge in [0.2, 0.25) is 5.91 Å². The average Bonchev–Trinajstić information content (AvgIpc) is 3.28. The monoisotopic (exact) mass is 248 g/mol. The number of nitrogens with zero attached hydrogens (tertiary/aromatic N) is 1. The Balaban J connectivity index is 1.45. The molecule has 100 valence electrons. The van der Waals surface area contributed by atoms with E-state index >= 15 is 0 Å². The van der Waals surface area contributed by atoms with Gasteiger partial charge in [-0.15, -0.1) is 0 Å². The molecule has 5 unspecified atom stereocenters. The molecule has 0 radical (unpaired) electrons. The number of carbonyl (C=O) groups excluding carboxylic acids is 1. The van der Waals surface area contributed by atoms with E-state index in [0.29, 0.717) is 30.3 Å². The number of amides is 1. The van der Waals surface area contributed by atoms with E-state index in [0.717, 1.165) is 23.7 Å². The summed E-state index contributed by atoms with van der Waals surface area (Å²) in [6.07, 6.45) is 6.74. The summed E-state index contributed by atoms with van der Waals surface area (Å²) in [6, 6.07) is 0.316. The van der Waals surface area contributed by atoms with Crippen molar-refractivity contribution in [2.45, 2.75) is 38.1 Å². The topological polar surface area (TPSA) is 46.3 Å². The number of nitrogens with two attached hydrogens (primary N) is 1. The van der Waals surface area contributed by atoms with E-state index in [1.54, 1.807) is 0 Å². The van der Waals surface area contributed by atoms with Crippen LogP contribution in [0.3, 0.4) is 0 Å². The van der Waals surface area contributed by atoms with Crippen LogP contribution in [0.4, 0.5) is 0 Å². The zero-order valence-electron chi connectivity index (χ0n) is 11.2. The molecule has 18 heavy (non-hydrogen) atoms. The van der Waals surface area contributed by atoms with Crippen molar-refractivity contribution < 1.29 is 4.79 Å². The van der Waals surface area contributed by atoms with Gasteiger partial charge in [-0.1, -0.05) is 0 Å². The van der Waals surface area contributed by atoms with Gasteiger partial charge in [0.25, 0.3) is 0 Å². The Labute approximate surface area is 109 Å². The smallest absolute Gasteiger partial charge is 0.226 e. The molecular weight excluding hydrogens is 224 g/mol. The van der Waals surface area contributed by atoms with Gasteiger partial charge >= 0.3 is 0 Å². The second-order valence-corrected chi connectivity index (χ2v) is 7.10. The summed E-state index contributed by atoms with van der Waals surface area (Å²) in [7, 11) is 1.99. The molecule has 0 aliphatic heterocycles. The number of likely N-dealkylation sites (N-methyl/N-ethyl adjacent to an activating group) is 1. The summed E-state index contributed by atoms with van der Waals surface area (Å²) >= 11 is 0. The molecule has 3 nitrogen and oxygen atoms in total. The van der Waals surface area contributed by atoms with Crippen molar-refractivity contribution in [3.05, 3.63) is 0 Å². The van der Waals surface area contributed by atoms with Crippen molar-refractivity contribution in [2.75, 3.05) is 13.6 Å². The first kappa shape index (κ1) is 11.3. The van der Waals surface area contributed by atoms with Gasteiger partial charge in [-0.25, -0.2) is 0 Å². The van der Waals surface area contributed by atoms with Crippen LogP contribution in [-0.4, -0.2) is 30.4 Å². The fourth-order valence-electron chi connectivity index (χ4n) is 5.20. The van der Waals surface area contributed by atoms with E-state index in [-0.39, 0.29) is 0 Å². The Morgan fingerprint density at radius 1 is 1.22 bits per heavy atom. The molecule has 5 atom stereocenters. The Morgan fingerprint density at radius 3 is 2.33 bits per heavy atom. The van der Waals surface area contributed by atoms with Crippen molar-refractivity contribution in [3.63, 3.8) is 0 Å². The molecule has 4 aliphatic carbocycles. The third-order valence-corrected chi connectivity index (χ3v) is 6.27. The highest BCUT2D eigenvalue weighted by Crippen LogP contribution is 2.69. The average molecular weight is 248 g/mol. The van der Waals surface area contributed by atoms with Gasteiger partial charge in [0.15, 0.2) is 0 Å². The molecule has 4 fully saturated rings. The lowest BCUT2D eigenvalue weighted by Crippen LogP contribution is -2.44. The largest absolute Gasteiger partial charge is 0.341 e. The maximum absolute atomic E-state index is 12.6. The van der Waals surface area contributed by atoms with E-state index in [4.69, 9.17) is 5.73 Å². The van der Waals surface area contributed by atoms with E-state index in [2.05, 4.69) is 0 Å². The Kier molecular flexibility index (Phi) is 2.33. The van der Waals surface area contributed by atoms with Crippen molar-refractivity contribution in [3.8, 4) is 0 Å². The normalized spacial score (nSPS) is 45.8. The van der Waals surface area contributed by atoms with Crippen molar-refractivity contribution in [1.29, 1.82) is 0 Å². The molecule has 0 spiro atoms. The molecule has 2 bridgehead atoms. The summed E-state index contributed by atoms with van der Waals surface area (Å²) in [5, 5.41) is 0. The molecule has 0 saturated heterocycles. The maximum atomic E-state index is 12.6. The first-order valence-corrected chi connectivity index (χ1v) is 7.69. The summed E-state index contributed by atoms with van der Waals surface area (Å²) in [5.74, 6) is 4.80. The molecule has 1 amide bonds. The molecular formula is C15H24N2O. The minimum absolute atomic E-state index is 0.316. The number of rotatable bonds is 4. The second-order valence-electron chi connectivity index (χ2n) is 7.10. The standard InChI is InChI=1S/C15H24N2O/c1-17(11(7-16)8-2-3-8)15(18)14-12-9-4-5-10(6-9)13(12)14/h8-14H,2-7,16H2,1H3. The fourth-order valence-corrected chi connectivity index (χ4v) is 5.20. The predicted octanol–water partition coefficient (Wildman–Crippen LogP) is 1.47. The molecule has 4 aliphatic rings. The lowest BCUT2D eigenvalue weighted by molar-refractivity contribution is -0.134. The van der Waals surface area contributed by atoms with Crippen LogP contribution in [0.2, 0.25) is 0 Å². The van der Waals surface area contributed by atoms with Crippen LogP contribution in [0, 0.1) is 35.5 Å². The molecule has 2 N–H and O–H groups in total. The van der Waals surface area contributed by atoms with Crippen LogP contribution in [0.15, 0.2) is 0 Å². The van der Waals surface area contributed by atoms with Gasteiger partial charge in [-0.05, 0) is 61.7 Å². The quantitative estimate of drug-likeness (QED) is 0.819. The fraction of sp³-hybridized carbons (Fsp3) is 0.933. The van der Waals surface area contributed by atoms with Crippen molar-refractivity contribution >= 4 is 5.91 Å². The molecule has 0 heterocycles. The summed E-state index contributed by atoms with van der Waals surface area (Å²) in [4.78, 5) is 14.7. The van der Waals surface area contributed by atoms with Gasteiger partial charge in [0, 0.05) is 25.6 Å². The second kappa shape index (κ2) is 3.72. The third-order valence-electron chi connectivity index (χ3n) is 6.27. The van der Waals surface area contributed by atoms with E-state index in [9.17, 15) is 4.79 Å². The van der Waals surface area contributed by atoms with Crippen molar-refractivity contribution in [1.82, 2.24) is 4.90 Å². The molecule has 4 rings (SSSR count). The summed E-state index contributed by atoms with van der Waals surface area (Å²) < 4.78 is 0. The highest BCUT2D eigenvalue weighted by atomic mass is 16.2. The van der Waals surface area contributed by atoms with Crippen LogP contribution in [0.25, 0.3) is 0 Å². The molecule has 0 aromatic rings. The third kappa shape index (κ3) is 1.43. The first-order chi connectivity index (χ1) is 8.72. The van der Waals surface area contributed by atoms with Crippen molar-refractivity contribution in [2.24, 2.45) is 41.2 Å². The van der Waals surface area contributed by atoms with E-state index < -0.39 is 0 Å². The summed E-state index contributed by atoms with van der Waals surface area (Å²) in [6.45, 7) is 0.641. The van der Waals surface area contributed by atoms with Crippen LogP contribution in [0.5, 0.6) is 0 Å². The number of hydrogen-bond donors (Lipinski definition) is 1. The van der Waals surface area contributed by atoms with Crippen LogP contribution in [0.1, 0.15) is 32.1 Å². The number of hydrogen-bond acceptors (Lipinski definition) is 2. The minimum Gasteiger partial charge on any atom is -0.341 e. The minimum atomic E-state index is 0.316. The van der Waals surface area contributed by atoms with Gasteiger partial charge in [0.05, 0.1) is 0 Å². The Morgan fingerprint density at radius 2 is 1.83 bits per heavy atom. The number of fused-ring (bicyclic) bond motifs is 5. The van der Waals surface area contributed by atoms with Crippen LogP contribution in [-0.2, 0) is 4.79 Å². The van der Waals surface area contributed by atoms with E-state index in [1.807, 2.05) is 11.9 Å². The van der Waals surface area contributed by atoms with Gasteiger partial charge in [-0.2, -0.15) is 0 Å². The SMILES string of the molecule is CN(C(=O)C1C2C3CCC(C3)C12)C(CN)C1CC1. The molecule has 0 aromatic heterocycles. The number of carbonyl (C=O) groups is 1. The molecule has 3 heteroatoms. The summed E-state index contributed by atoms with van der Waals surface area (Å²) in [5.41, 5.74) is 5.86. The van der Waals surface area contributed by atoms with Gasteiger partial charge in [-0.3, -0.25) is 4.79 Å². The predicted molar refractivity (Wildman–Crippen MR) is 69.6 cm³/mol. The van der Waals surface area contributed by atoms with Gasteiger partial charge in [0.1, 0.15) is 0 Å². The highest BCUT2D eigenvalue weighted by molar-refractivity contribution is 5.83. The lowest BCUT2D eigenvalue weighted by atomic mass is 10.0. The van der Waals surface area contributed by atoms with Crippen LogP contribution >= 0.6 is 0 Å². The van der Waals surface area contributed by atoms with E-state index in [1.165, 1.54) is 32.1 Å². The zero-order valence-corrected chi connectivity index (χ0v) is 11.2. The Bertz CT molecular complexity index is 359. The maximum Gasteiger partial charge on any atom is 0.226 e. The van der Waals surface area contributed by atoms with Gasteiger partial charge < -0.3 is 10.6 Å². The van der Waals surface area contributed by atoms with Crippen LogP contribution < -0.4 is 5.73 Å². The first-order valence-electron chi connectivity index (χ1n) is 7.69. The Hall–Kier alpha value is -0.570. The highest BCUT2D eigenvalue weighted by Gasteiger charge is 2.68. The zero-order chi connectivity index (χ0) is 12.4. The molecule has 4 saturated carbocycles. The molecule has 0 aromatic carbocycles.